The average molecular weight is 508 g/mol. The Kier molecular flexibility index (Phi) is 22.4. The predicted octanol–water partition coefficient (Wildman–Crippen LogP) is 0.222. The Bertz CT molecular complexity index is 586. The zero-order valence-electron chi connectivity index (χ0n) is 21.0. The van der Waals surface area contributed by atoms with E-state index in [1.807, 2.05) is 0 Å². The molecule has 0 aromatic carbocycles. The Morgan fingerprint density at radius 3 is 1.31 bits per heavy atom. The number of carbonyl (C=O) groups is 4. The van der Waals surface area contributed by atoms with Gasteiger partial charge in [-0.1, -0.05) is 0 Å². The van der Waals surface area contributed by atoms with Crippen LogP contribution in [-0.4, -0.2) is 109 Å². The van der Waals surface area contributed by atoms with E-state index in [4.69, 9.17) is 38.9 Å². The van der Waals surface area contributed by atoms with Crippen molar-refractivity contribution in [2.24, 2.45) is 5.73 Å². The summed E-state index contributed by atoms with van der Waals surface area (Å²) in [5.41, 5.74) is 5.63. The molecule has 0 saturated heterocycles. The third kappa shape index (κ3) is 25.0. The van der Waals surface area contributed by atoms with Gasteiger partial charge in [-0.2, -0.15) is 0 Å². The highest BCUT2D eigenvalue weighted by atomic mass is 16.6. The lowest BCUT2D eigenvalue weighted by atomic mass is 10.1. The van der Waals surface area contributed by atoms with Crippen molar-refractivity contribution in [1.29, 1.82) is 0 Å². The standard InChI is InChI=1S/C23H41NO11/c1-19(25)3-5-21(24)23(28)35-18-16-33-14-12-31-10-8-29-7-9-30-11-13-32-15-17-34-22(27)6-4-20(2)26/h21H,3-18,24H2,1-2H3. The fourth-order valence-corrected chi connectivity index (χ4v) is 2.33. The van der Waals surface area contributed by atoms with Gasteiger partial charge in [0.15, 0.2) is 0 Å². The Hall–Kier alpha value is -1.96. The highest BCUT2D eigenvalue weighted by Gasteiger charge is 2.15. The van der Waals surface area contributed by atoms with Crippen LogP contribution in [0.4, 0.5) is 0 Å². The zero-order valence-corrected chi connectivity index (χ0v) is 21.0. The predicted molar refractivity (Wildman–Crippen MR) is 124 cm³/mol. The van der Waals surface area contributed by atoms with Crippen molar-refractivity contribution in [3.8, 4) is 0 Å². The van der Waals surface area contributed by atoms with E-state index in [0.29, 0.717) is 52.9 Å². The lowest BCUT2D eigenvalue weighted by molar-refractivity contribution is -0.147. The molecular formula is C23H41NO11. The fourth-order valence-electron chi connectivity index (χ4n) is 2.33. The third-order valence-corrected chi connectivity index (χ3v) is 4.24. The largest absolute Gasteiger partial charge is 0.463 e. The van der Waals surface area contributed by atoms with Crippen LogP contribution in [0, 0.1) is 0 Å². The van der Waals surface area contributed by atoms with Crippen LogP contribution in [0.3, 0.4) is 0 Å². The summed E-state index contributed by atoms with van der Waals surface area (Å²) < 4.78 is 36.5. The molecule has 0 aromatic heterocycles. The third-order valence-electron chi connectivity index (χ3n) is 4.24. The first-order chi connectivity index (χ1) is 16.8. The second kappa shape index (κ2) is 23.8. The minimum Gasteiger partial charge on any atom is -0.463 e. The maximum Gasteiger partial charge on any atom is 0.323 e. The highest BCUT2D eigenvalue weighted by molar-refractivity contribution is 5.81. The number of ketones is 2. The van der Waals surface area contributed by atoms with E-state index in [-0.39, 0.29) is 63.7 Å². The molecule has 0 rings (SSSR count). The minimum absolute atomic E-state index is 0.0184. The van der Waals surface area contributed by atoms with Crippen LogP contribution in [0.15, 0.2) is 0 Å². The van der Waals surface area contributed by atoms with E-state index in [0.717, 1.165) is 0 Å². The van der Waals surface area contributed by atoms with Crippen LogP contribution in [0.2, 0.25) is 0 Å². The van der Waals surface area contributed by atoms with E-state index in [2.05, 4.69) is 0 Å². The van der Waals surface area contributed by atoms with Crippen molar-refractivity contribution in [1.82, 2.24) is 0 Å². The lowest BCUT2D eigenvalue weighted by Gasteiger charge is -2.11. The summed E-state index contributed by atoms with van der Waals surface area (Å²) in [4.78, 5) is 44.5. The SMILES string of the molecule is CC(=O)CCC(=O)OCCOCCOCCOCCOCCOCCOC(=O)C(N)CCC(C)=O. The molecule has 0 aliphatic carbocycles. The molecule has 1 atom stereocenters. The summed E-state index contributed by atoms with van der Waals surface area (Å²) in [6.07, 6.45) is 0.815. The van der Waals surface area contributed by atoms with Gasteiger partial charge in [-0.15, -0.1) is 0 Å². The summed E-state index contributed by atoms with van der Waals surface area (Å²) in [5.74, 6) is -1.01. The summed E-state index contributed by atoms with van der Waals surface area (Å²) in [7, 11) is 0. The number of hydrogen-bond acceptors (Lipinski definition) is 12. The molecule has 0 aliphatic rings. The van der Waals surface area contributed by atoms with Crippen LogP contribution in [-0.2, 0) is 52.3 Å². The van der Waals surface area contributed by atoms with Gasteiger partial charge in [-0.3, -0.25) is 9.59 Å². The van der Waals surface area contributed by atoms with Crippen LogP contribution >= 0.6 is 0 Å². The van der Waals surface area contributed by atoms with Gasteiger partial charge in [0, 0.05) is 12.8 Å². The van der Waals surface area contributed by atoms with E-state index < -0.39 is 18.0 Å². The molecule has 0 amide bonds. The molecule has 2 N–H and O–H groups in total. The second-order valence-corrected chi connectivity index (χ2v) is 7.50. The molecule has 0 bridgehead atoms. The van der Waals surface area contributed by atoms with E-state index in [1.165, 1.54) is 13.8 Å². The number of rotatable bonds is 25. The molecular weight excluding hydrogens is 466 g/mol. The van der Waals surface area contributed by atoms with Gasteiger partial charge in [0.1, 0.15) is 30.8 Å². The summed E-state index contributed by atoms with van der Waals surface area (Å²) in [5, 5.41) is 0. The molecule has 0 aliphatic heterocycles. The zero-order chi connectivity index (χ0) is 26.2. The Morgan fingerprint density at radius 1 is 0.543 bits per heavy atom. The Morgan fingerprint density at radius 2 is 0.914 bits per heavy atom. The van der Waals surface area contributed by atoms with Crippen LogP contribution in [0.25, 0.3) is 0 Å². The maximum atomic E-state index is 11.6. The lowest BCUT2D eigenvalue weighted by Crippen LogP contribution is -2.33. The molecule has 1 unspecified atom stereocenters. The van der Waals surface area contributed by atoms with Gasteiger partial charge in [0.2, 0.25) is 0 Å². The van der Waals surface area contributed by atoms with Crippen molar-refractivity contribution in [2.75, 3.05) is 79.3 Å². The first kappa shape index (κ1) is 33.0. The van der Waals surface area contributed by atoms with Gasteiger partial charge < -0.3 is 48.5 Å². The van der Waals surface area contributed by atoms with Crippen molar-refractivity contribution in [3.63, 3.8) is 0 Å². The number of hydrogen-bond donors (Lipinski definition) is 1. The Labute approximate surface area is 207 Å². The fraction of sp³-hybridized carbons (Fsp3) is 0.826. The van der Waals surface area contributed by atoms with E-state index in [1.54, 1.807) is 0 Å². The average Bonchev–Trinajstić information content (AvgIpc) is 2.82. The number of carbonyl (C=O) groups excluding carboxylic acids is 4. The van der Waals surface area contributed by atoms with Crippen LogP contribution < -0.4 is 5.73 Å². The van der Waals surface area contributed by atoms with Crippen molar-refractivity contribution < 1.29 is 52.3 Å². The summed E-state index contributed by atoms with van der Waals surface area (Å²) in [6, 6.07) is -0.797. The van der Waals surface area contributed by atoms with Crippen molar-refractivity contribution in [2.45, 2.75) is 45.6 Å². The van der Waals surface area contributed by atoms with Crippen LogP contribution in [0.5, 0.6) is 0 Å². The molecule has 204 valence electrons. The molecule has 0 heterocycles. The molecule has 0 saturated carbocycles. The first-order valence-corrected chi connectivity index (χ1v) is 11.8. The first-order valence-electron chi connectivity index (χ1n) is 11.8. The molecule has 0 fully saturated rings. The van der Waals surface area contributed by atoms with Crippen molar-refractivity contribution in [3.05, 3.63) is 0 Å². The maximum absolute atomic E-state index is 11.6. The quantitative estimate of drug-likeness (QED) is 0.132. The molecule has 35 heavy (non-hydrogen) atoms. The molecule has 0 spiro atoms. The minimum atomic E-state index is -0.797. The molecule has 0 radical (unpaired) electrons. The number of ether oxygens (including phenoxy) is 7. The summed E-state index contributed by atoms with van der Waals surface area (Å²) >= 11 is 0. The number of nitrogens with two attached hydrogens (primary N) is 1. The molecule has 12 nitrogen and oxygen atoms in total. The van der Waals surface area contributed by atoms with Gasteiger partial charge in [-0.05, 0) is 20.3 Å². The highest BCUT2D eigenvalue weighted by Crippen LogP contribution is 1.98. The topological polar surface area (TPSA) is 159 Å². The van der Waals surface area contributed by atoms with Gasteiger partial charge >= 0.3 is 11.9 Å². The Balaban J connectivity index is 3.24. The molecule has 12 heteroatoms. The van der Waals surface area contributed by atoms with Gasteiger partial charge in [-0.25, -0.2) is 0 Å². The molecule has 0 aromatic rings. The smallest absolute Gasteiger partial charge is 0.323 e. The van der Waals surface area contributed by atoms with Gasteiger partial charge in [0.05, 0.1) is 72.5 Å². The summed E-state index contributed by atoms with van der Waals surface area (Å²) in [6.45, 7) is 6.82. The van der Waals surface area contributed by atoms with E-state index in [9.17, 15) is 19.2 Å². The van der Waals surface area contributed by atoms with Gasteiger partial charge in [0.25, 0.3) is 0 Å². The monoisotopic (exact) mass is 507 g/mol. The normalized spacial score (nSPS) is 11.7. The van der Waals surface area contributed by atoms with Crippen LogP contribution in [0.1, 0.15) is 39.5 Å². The second-order valence-electron chi connectivity index (χ2n) is 7.50. The van der Waals surface area contributed by atoms with Crippen molar-refractivity contribution >= 4 is 23.5 Å². The number of Topliss-reactive ketones (excluding diaryl/α,β-unsaturated/α-hetero) is 2. The number of esters is 2. The van der Waals surface area contributed by atoms with E-state index >= 15 is 0 Å².